The fourth-order valence-corrected chi connectivity index (χ4v) is 1.94. The van der Waals surface area contributed by atoms with Crippen LogP contribution < -0.4 is 0 Å². The van der Waals surface area contributed by atoms with E-state index in [0.717, 1.165) is 0 Å². The molecule has 0 aliphatic heterocycles. The first kappa shape index (κ1) is 13.7. The number of phenols is 6. The van der Waals surface area contributed by atoms with Crippen LogP contribution >= 0.6 is 0 Å². The van der Waals surface area contributed by atoms with E-state index in [1.807, 2.05) is 0 Å². The van der Waals surface area contributed by atoms with Gasteiger partial charge in [0.15, 0.2) is 34.5 Å². The molecule has 20 heavy (non-hydrogen) atoms. The number of phenolic OH excluding ortho intramolecular Hbond substituents is 6. The molecule has 0 fully saturated rings. The van der Waals surface area contributed by atoms with Crippen LogP contribution in [-0.2, 0) is 0 Å². The number of benzene rings is 2. The molecule has 0 saturated carbocycles. The lowest BCUT2D eigenvalue weighted by Crippen LogP contribution is -1.96. The van der Waals surface area contributed by atoms with E-state index in [0.29, 0.717) is 11.1 Å². The smallest absolute Gasteiger partial charge is 0.200 e. The Balaban J connectivity index is 2.49. The Morgan fingerprint density at radius 3 is 1.10 bits per heavy atom. The largest absolute Gasteiger partial charge is 0.504 e. The topological polar surface area (TPSA) is 121 Å². The van der Waals surface area contributed by atoms with E-state index in [1.54, 1.807) is 6.92 Å². The van der Waals surface area contributed by atoms with Gasteiger partial charge in [0, 0.05) is 5.92 Å². The fourth-order valence-electron chi connectivity index (χ4n) is 1.94. The van der Waals surface area contributed by atoms with Gasteiger partial charge in [-0.05, 0) is 35.4 Å². The molecule has 6 nitrogen and oxygen atoms in total. The van der Waals surface area contributed by atoms with Crippen molar-refractivity contribution < 1.29 is 30.6 Å². The second kappa shape index (κ2) is 4.73. The van der Waals surface area contributed by atoms with Gasteiger partial charge in [-0.1, -0.05) is 6.92 Å². The Bertz CT molecular complexity index is 561. The predicted molar refractivity (Wildman–Crippen MR) is 70.4 cm³/mol. The number of hydrogen-bond acceptors (Lipinski definition) is 6. The molecule has 6 N–H and O–H groups in total. The molecule has 2 rings (SSSR count). The second-order valence-corrected chi connectivity index (χ2v) is 4.54. The Labute approximate surface area is 114 Å². The number of aromatic hydroxyl groups is 6. The molecule has 0 spiro atoms. The Kier molecular flexibility index (Phi) is 3.23. The average molecular weight is 278 g/mol. The van der Waals surface area contributed by atoms with Gasteiger partial charge in [-0.25, -0.2) is 0 Å². The van der Waals surface area contributed by atoms with Crippen LogP contribution in [0, 0.1) is 0 Å². The normalized spacial score (nSPS) is 10.9. The summed E-state index contributed by atoms with van der Waals surface area (Å²) in [5.74, 6) is -3.53. The highest BCUT2D eigenvalue weighted by Crippen LogP contribution is 2.42. The van der Waals surface area contributed by atoms with Gasteiger partial charge in [0.1, 0.15) is 0 Å². The zero-order valence-corrected chi connectivity index (χ0v) is 10.6. The van der Waals surface area contributed by atoms with Gasteiger partial charge in [0.25, 0.3) is 0 Å². The van der Waals surface area contributed by atoms with Crippen LogP contribution in [0.25, 0.3) is 0 Å². The highest BCUT2D eigenvalue weighted by Gasteiger charge is 2.17. The molecule has 0 saturated heterocycles. The molecule has 6 heteroatoms. The third-order valence-electron chi connectivity index (χ3n) is 3.18. The molecule has 0 unspecified atom stereocenters. The second-order valence-electron chi connectivity index (χ2n) is 4.54. The summed E-state index contributed by atoms with van der Waals surface area (Å²) in [5.41, 5.74) is 0.921. The summed E-state index contributed by atoms with van der Waals surface area (Å²) in [6, 6.07) is 5.06. The lowest BCUT2D eigenvalue weighted by Gasteiger charge is -2.15. The van der Waals surface area contributed by atoms with Crippen molar-refractivity contribution in [3.63, 3.8) is 0 Å². The molecule has 2 aromatic carbocycles. The molecule has 0 atom stereocenters. The highest BCUT2D eigenvalue weighted by atomic mass is 16.3. The van der Waals surface area contributed by atoms with Crippen molar-refractivity contribution in [3.8, 4) is 34.5 Å². The van der Waals surface area contributed by atoms with Gasteiger partial charge in [-0.3, -0.25) is 0 Å². The van der Waals surface area contributed by atoms with Crippen molar-refractivity contribution in [3.05, 3.63) is 35.4 Å². The van der Waals surface area contributed by atoms with Gasteiger partial charge >= 0.3 is 0 Å². The third-order valence-corrected chi connectivity index (χ3v) is 3.18. The zero-order valence-electron chi connectivity index (χ0n) is 10.6. The van der Waals surface area contributed by atoms with E-state index in [9.17, 15) is 30.6 Å². The van der Waals surface area contributed by atoms with E-state index in [-0.39, 0.29) is 0 Å². The first-order valence-corrected chi connectivity index (χ1v) is 5.81. The Morgan fingerprint density at radius 1 is 0.600 bits per heavy atom. The van der Waals surface area contributed by atoms with E-state index in [2.05, 4.69) is 0 Å². The standard InChI is InChI=1S/C14H14O6/c1-6(7-2-9(15)13(19)10(16)3-7)8-4-11(17)14(20)12(18)5-8/h2-6,15-20H,1H3. The summed E-state index contributed by atoms with van der Waals surface area (Å²) in [7, 11) is 0. The Hall–Kier alpha value is -2.76. The zero-order chi connectivity index (χ0) is 15.0. The van der Waals surface area contributed by atoms with Gasteiger partial charge in [-0.15, -0.1) is 0 Å². The van der Waals surface area contributed by atoms with E-state index in [4.69, 9.17) is 0 Å². The molecule has 0 aromatic heterocycles. The summed E-state index contributed by atoms with van der Waals surface area (Å²) in [5, 5.41) is 56.5. The quantitative estimate of drug-likeness (QED) is 0.468. The SMILES string of the molecule is CC(c1cc(O)c(O)c(O)c1)c1cc(O)c(O)c(O)c1. The van der Waals surface area contributed by atoms with Gasteiger partial charge < -0.3 is 30.6 Å². The number of rotatable bonds is 2. The van der Waals surface area contributed by atoms with Gasteiger partial charge in [0.2, 0.25) is 0 Å². The molecule has 0 aliphatic carbocycles. The van der Waals surface area contributed by atoms with Crippen LogP contribution in [0.3, 0.4) is 0 Å². The lowest BCUT2D eigenvalue weighted by atomic mass is 9.92. The highest BCUT2D eigenvalue weighted by molar-refractivity contribution is 5.56. The summed E-state index contributed by atoms with van der Waals surface area (Å²) in [6.45, 7) is 1.70. The maximum absolute atomic E-state index is 9.48. The number of hydrogen-bond donors (Lipinski definition) is 6. The van der Waals surface area contributed by atoms with Crippen molar-refractivity contribution in [2.75, 3.05) is 0 Å². The average Bonchev–Trinajstić information content (AvgIpc) is 2.40. The maximum Gasteiger partial charge on any atom is 0.200 e. The lowest BCUT2D eigenvalue weighted by molar-refractivity contribution is 0.365. The van der Waals surface area contributed by atoms with Crippen molar-refractivity contribution in [2.45, 2.75) is 12.8 Å². The molecule has 0 amide bonds. The van der Waals surface area contributed by atoms with Crippen molar-refractivity contribution in [1.29, 1.82) is 0 Å². The maximum atomic E-state index is 9.48. The minimum atomic E-state index is -0.614. The van der Waals surface area contributed by atoms with Crippen LogP contribution in [0.1, 0.15) is 24.0 Å². The molecule has 0 heterocycles. The van der Waals surface area contributed by atoms with Crippen LogP contribution in [0.2, 0.25) is 0 Å². The van der Waals surface area contributed by atoms with Crippen molar-refractivity contribution in [1.82, 2.24) is 0 Å². The van der Waals surface area contributed by atoms with Crippen LogP contribution in [0.15, 0.2) is 24.3 Å². The van der Waals surface area contributed by atoms with Crippen molar-refractivity contribution >= 4 is 0 Å². The molecular weight excluding hydrogens is 264 g/mol. The monoisotopic (exact) mass is 278 g/mol. The van der Waals surface area contributed by atoms with Crippen LogP contribution in [-0.4, -0.2) is 30.6 Å². The molecule has 106 valence electrons. The summed E-state index contributed by atoms with van der Waals surface area (Å²) < 4.78 is 0. The molecule has 0 bridgehead atoms. The van der Waals surface area contributed by atoms with Gasteiger partial charge in [0.05, 0.1) is 0 Å². The van der Waals surface area contributed by atoms with E-state index in [1.165, 1.54) is 24.3 Å². The minimum Gasteiger partial charge on any atom is -0.504 e. The van der Waals surface area contributed by atoms with E-state index < -0.39 is 40.4 Å². The molecule has 0 radical (unpaired) electrons. The van der Waals surface area contributed by atoms with Crippen LogP contribution in [0.5, 0.6) is 34.5 Å². The predicted octanol–water partition coefficient (Wildman–Crippen LogP) is 2.07. The first-order valence-electron chi connectivity index (χ1n) is 5.81. The third kappa shape index (κ3) is 2.23. The van der Waals surface area contributed by atoms with Gasteiger partial charge in [-0.2, -0.15) is 0 Å². The summed E-state index contributed by atoms with van der Waals surface area (Å²) in [6.07, 6.45) is 0. The first-order chi connectivity index (χ1) is 9.31. The summed E-state index contributed by atoms with van der Waals surface area (Å²) in [4.78, 5) is 0. The van der Waals surface area contributed by atoms with Crippen LogP contribution in [0.4, 0.5) is 0 Å². The summed E-state index contributed by atoms with van der Waals surface area (Å²) >= 11 is 0. The molecule has 2 aromatic rings. The fraction of sp³-hybridized carbons (Fsp3) is 0.143. The Morgan fingerprint density at radius 2 is 0.850 bits per heavy atom. The minimum absolute atomic E-state index is 0.412. The molecular formula is C14H14O6. The molecule has 0 aliphatic rings. The van der Waals surface area contributed by atoms with Crippen molar-refractivity contribution in [2.24, 2.45) is 0 Å². The van der Waals surface area contributed by atoms with E-state index >= 15 is 0 Å².